The fraction of sp³-hybridized carbons (Fsp3) is 0.389. The van der Waals surface area contributed by atoms with E-state index in [4.69, 9.17) is 0 Å². The zero-order chi connectivity index (χ0) is 20.8. The van der Waals surface area contributed by atoms with E-state index in [-0.39, 0.29) is 5.69 Å². The van der Waals surface area contributed by atoms with Gasteiger partial charge >= 0.3 is 6.18 Å². The molecule has 3 heterocycles. The quantitative estimate of drug-likeness (QED) is 0.522. The molecule has 8 nitrogen and oxygen atoms in total. The van der Waals surface area contributed by atoms with Gasteiger partial charge in [-0.3, -0.25) is 14.2 Å². The van der Waals surface area contributed by atoms with Crippen LogP contribution in [-0.2, 0) is 13.6 Å². The second-order valence-electron chi connectivity index (χ2n) is 7.03. The Kier molecular flexibility index (Phi) is 4.59. The summed E-state index contributed by atoms with van der Waals surface area (Å²) in [6, 6.07) is 3.14. The van der Waals surface area contributed by atoms with Crippen LogP contribution in [0.2, 0.25) is 0 Å². The minimum atomic E-state index is -4.36. The number of aromatic nitrogens is 5. The molecule has 0 aromatic carbocycles. The number of amides is 1. The number of nitrogens with zero attached hydrogens (tertiary/aromatic N) is 6. The predicted octanol–water partition coefficient (Wildman–Crippen LogP) is 2.68. The van der Waals surface area contributed by atoms with Gasteiger partial charge in [0.2, 0.25) is 0 Å². The maximum atomic E-state index is 12.7. The van der Waals surface area contributed by atoms with Crippen LogP contribution in [-0.4, -0.2) is 42.8 Å². The van der Waals surface area contributed by atoms with Gasteiger partial charge in [-0.15, -0.1) is 0 Å². The summed E-state index contributed by atoms with van der Waals surface area (Å²) in [7, 11) is 1.77. The maximum Gasteiger partial charge on any atom is 0.408 e. The molecule has 1 fully saturated rings. The molecule has 0 aliphatic heterocycles. The van der Waals surface area contributed by atoms with Crippen LogP contribution < -0.4 is 5.43 Å². The normalized spacial score (nSPS) is 14.8. The van der Waals surface area contributed by atoms with E-state index in [1.165, 1.54) is 18.5 Å². The van der Waals surface area contributed by atoms with Gasteiger partial charge < -0.3 is 0 Å². The first kappa shape index (κ1) is 19.1. The van der Waals surface area contributed by atoms with Crippen LogP contribution in [0.25, 0.3) is 11.0 Å². The van der Waals surface area contributed by atoms with E-state index in [1.807, 2.05) is 0 Å². The Morgan fingerprint density at radius 3 is 2.83 bits per heavy atom. The summed E-state index contributed by atoms with van der Waals surface area (Å²) in [5, 5.41) is 12.6. The lowest BCUT2D eigenvalue weighted by molar-refractivity contribution is -0.142. The van der Waals surface area contributed by atoms with Gasteiger partial charge in [0, 0.05) is 24.9 Å². The van der Waals surface area contributed by atoms with Crippen LogP contribution in [0.15, 0.2) is 23.4 Å². The second kappa shape index (κ2) is 6.98. The fourth-order valence-electron chi connectivity index (χ4n) is 3.17. The molecule has 1 saturated carbocycles. The van der Waals surface area contributed by atoms with Crippen LogP contribution in [0.1, 0.15) is 46.2 Å². The topological polar surface area (TPSA) is 90.0 Å². The molecule has 1 aliphatic carbocycles. The number of pyridine rings is 1. The summed E-state index contributed by atoms with van der Waals surface area (Å²) in [4.78, 5) is 17.4. The number of rotatable bonds is 5. The van der Waals surface area contributed by atoms with Crippen molar-refractivity contribution in [1.82, 2.24) is 30.0 Å². The first-order valence-electron chi connectivity index (χ1n) is 8.99. The Balaban J connectivity index is 1.54. The second-order valence-corrected chi connectivity index (χ2v) is 7.03. The zero-order valence-corrected chi connectivity index (χ0v) is 15.7. The molecule has 1 aliphatic rings. The van der Waals surface area contributed by atoms with Crippen molar-refractivity contribution in [3.63, 3.8) is 0 Å². The summed E-state index contributed by atoms with van der Waals surface area (Å²) in [5.74, 6) is -0.0939. The van der Waals surface area contributed by atoms with Crippen molar-refractivity contribution in [1.29, 1.82) is 0 Å². The molecule has 0 unspecified atom stereocenters. The van der Waals surface area contributed by atoms with Gasteiger partial charge in [-0.2, -0.15) is 28.5 Å². The van der Waals surface area contributed by atoms with Gasteiger partial charge in [0.1, 0.15) is 12.2 Å². The van der Waals surface area contributed by atoms with Crippen molar-refractivity contribution in [3.05, 3.63) is 41.0 Å². The highest BCUT2D eigenvalue weighted by molar-refractivity contribution is 6.06. The molecule has 3 aromatic rings. The van der Waals surface area contributed by atoms with Crippen molar-refractivity contribution in [3.8, 4) is 0 Å². The van der Waals surface area contributed by atoms with Gasteiger partial charge in [0.25, 0.3) is 5.91 Å². The highest BCUT2D eigenvalue weighted by atomic mass is 19.4. The van der Waals surface area contributed by atoms with Crippen LogP contribution in [0, 0.1) is 6.92 Å². The van der Waals surface area contributed by atoms with Crippen molar-refractivity contribution < 1.29 is 18.0 Å². The Labute approximate surface area is 163 Å². The highest BCUT2D eigenvalue weighted by Gasteiger charge is 2.29. The van der Waals surface area contributed by atoms with Crippen molar-refractivity contribution >= 4 is 23.2 Å². The number of halogens is 3. The third-order valence-corrected chi connectivity index (χ3v) is 4.59. The van der Waals surface area contributed by atoms with Gasteiger partial charge in [-0.05, 0) is 31.9 Å². The largest absolute Gasteiger partial charge is 0.408 e. The molecule has 1 N–H and O–H groups in total. The molecular formula is C18H18F3N7O. The van der Waals surface area contributed by atoms with E-state index in [2.05, 4.69) is 25.7 Å². The molecule has 3 aromatic heterocycles. The number of hydrogen-bond acceptors (Lipinski definition) is 5. The molecule has 0 spiro atoms. The van der Waals surface area contributed by atoms with Crippen molar-refractivity contribution in [2.45, 2.75) is 38.4 Å². The number of nitrogens with one attached hydrogen (secondary N) is 1. The lowest BCUT2D eigenvalue weighted by Gasteiger charge is -2.06. The monoisotopic (exact) mass is 405 g/mol. The van der Waals surface area contributed by atoms with E-state index < -0.39 is 18.6 Å². The molecule has 0 radical (unpaired) electrons. The maximum absolute atomic E-state index is 12.7. The number of fused-ring (bicyclic) bond motifs is 1. The standard InChI is InChI=1S/C18H18F3N7O/c1-10-15-13(7-14(11-3-4-11)23-16(15)27(2)25-10)17(29)24-22-8-12-5-6-28(26-12)9-18(19,20)21/h5-8,11H,3-4,9H2,1-2H3,(H,24,29)/b22-8+. The van der Waals surface area contributed by atoms with E-state index in [0.717, 1.165) is 23.2 Å². The summed E-state index contributed by atoms with van der Waals surface area (Å²) in [5.41, 5.74) is 5.19. The Morgan fingerprint density at radius 1 is 1.38 bits per heavy atom. The number of carbonyl (C=O) groups is 1. The molecule has 11 heteroatoms. The van der Waals surface area contributed by atoms with Crippen LogP contribution in [0.3, 0.4) is 0 Å². The van der Waals surface area contributed by atoms with E-state index in [1.54, 1.807) is 24.7 Å². The SMILES string of the molecule is Cc1nn(C)c2nc(C3CC3)cc(C(=O)N/N=C/c3ccn(CC(F)(F)F)n3)c12. The molecule has 0 atom stereocenters. The summed E-state index contributed by atoms with van der Waals surface area (Å²) in [6.45, 7) is 0.612. The van der Waals surface area contributed by atoms with Gasteiger partial charge in [-0.25, -0.2) is 10.4 Å². The fourth-order valence-corrected chi connectivity index (χ4v) is 3.17. The van der Waals surface area contributed by atoms with Crippen LogP contribution in [0.4, 0.5) is 13.2 Å². The minimum absolute atomic E-state index is 0.200. The number of carbonyl (C=O) groups excluding carboxylic acids is 1. The van der Waals surface area contributed by atoms with E-state index in [9.17, 15) is 18.0 Å². The lowest BCUT2D eigenvalue weighted by Crippen LogP contribution is -2.19. The van der Waals surface area contributed by atoms with Crippen LogP contribution in [0.5, 0.6) is 0 Å². The van der Waals surface area contributed by atoms with Crippen molar-refractivity contribution in [2.24, 2.45) is 12.1 Å². The molecule has 152 valence electrons. The summed E-state index contributed by atoms with van der Waals surface area (Å²) < 4.78 is 39.6. The Bertz CT molecular complexity index is 1110. The van der Waals surface area contributed by atoms with E-state index >= 15 is 0 Å². The Morgan fingerprint density at radius 2 is 2.14 bits per heavy atom. The molecule has 0 saturated heterocycles. The van der Waals surface area contributed by atoms with E-state index in [0.29, 0.717) is 28.2 Å². The third kappa shape index (κ3) is 4.13. The first-order valence-corrected chi connectivity index (χ1v) is 8.99. The minimum Gasteiger partial charge on any atom is -0.267 e. The van der Waals surface area contributed by atoms with Gasteiger partial charge in [-0.1, -0.05) is 0 Å². The average molecular weight is 405 g/mol. The zero-order valence-electron chi connectivity index (χ0n) is 15.7. The number of alkyl halides is 3. The number of hydrazone groups is 1. The predicted molar refractivity (Wildman–Crippen MR) is 98.6 cm³/mol. The Hall–Kier alpha value is -3.24. The summed E-state index contributed by atoms with van der Waals surface area (Å²) >= 11 is 0. The third-order valence-electron chi connectivity index (χ3n) is 4.59. The lowest BCUT2D eigenvalue weighted by atomic mass is 10.1. The molecule has 4 rings (SSSR count). The molecular weight excluding hydrogens is 387 g/mol. The number of aryl methyl sites for hydroxylation is 2. The molecule has 29 heavy (non-hydrogen) atoms. The van der Waals surface area contributed by atoms with Gasteiger partial charge in [0.05, 0.1) is 22.9 Å². The van der Waals surface area contributed by atoms with Crippen LogP contribution >= 0.6 is 0 Å². The average Bonchev–Trinajstić information content (AvgIpc) is 3.34. The number of hydrogen-bond donors (Lipinski definition) is 1. The highest BCUT2D eigenvalue weighted by Crippen LogP contribution is 2.40. The van der Waals surface area contributed by atoms with Gasteiger partial charge in [0.15, 0.2) is 5.65 Å². The smallest absolute Gasteiger partial charge is 0.267 e. The first-order chi connectivity index (χ1) is 13.7. The molecule has 0 bridgehead atoms. The molecule has 1 amide bonds. The van der Waals surface area contributed by atoms with Crippen molar-refractivity contribution in [2.75, 3.05) is 0 Å². The summed E-state index contributed by atoms with van der Waals surface area (Å²) in [6.07, 6.45) is 0.109.